The van der Waals surface area contributed by atoms with Gasteiger partial charge in [0.2, 0.25) is 0 Å². The van der Waals surface area contributed by atoms with Gasteiger partial charge in [0.15, 0.2) is 11.8 Å². The summed E-state index contributed by atoms with van der Waals surface area (Å²) in [5, 5.41) is 1.17. The van der Waals surface area contributed by atoms with Crippen molar-refractivity contribution in [2.75, 3.05) is 0 Å². The standard InChI is InChI=1S/C12H10NO/c1-13-8-4-7-11-12(13)9-5-2-3-6-10(9)14-11/h2-8H,1H3/q+1. The SMILES string of the molecule is C[n+]1cccc2oc3ccccc3c21. The van der Waals surface area contributed by atoms with E-state index >= 15 is 0 Å². The normalized spacial score (nSPS) is 11.2. The third kappa shape index (κ3) is 0.880. The summed E-state index contributed by atoms with van der Waals surface area (Å²) in [6, 6.07) is 12.1. The minimum absolute atomic E-state index is 0.941. The fraction of sp³-hybridized carbons (Fsp3) is 0.0833. The van der Waals surface area contributed by atoms with Gasteiger partial charge in [-0.25, -0.2) is 0 Å². The van der Waals surface area contributed by atoms with Crippen molar-refractivity contribution in [3.8, 4) is 0 Å². The Balaban J connectivity index is 2.65. The molecule has 0 bridgehead atoms. The Hall–Kier alpha value is -1.83. The molecule has 0 spiro atoms. The van der Waals surface area contributed by atoms with Crippen LogP contribution in [0.25, 0.3) is 22.1 Å². The maximum atomic E-state index is 5.71. The van der Waals surface area contributed by atoms with E-state index in [-0.39, 0.29) is 0 Å². The average Bonchev–Trinajstić information content (AvgIpc) is 2.57. The van der Waals surface area contributed by atoms with Crippen molar-refractivity contribution < 1.29 is 8.98 Å². The monoisotopic (exact) mass is 184 g/mol. The average molecular weight is 184 g/mol. The van der Waals surface area contributed by atoms with Gasteiger partial charge in [-0.15, -0.1) is 0 Å². The molecule has 0 radical (unpaired) electrons. The molecule has 14 heavy (non-hydrogen) atoms. The van der Waals surface area contributed by atoms with Gasteiger partial charge in [-0.3, -0.25) is 0 Å². The Bertz CT molecular complexity index is 610. The van der Waals surface area contributed by atoms with Crippen molar-refractivity contribution in [3.63, 3.8) is 0 Å². The number of nitrogens with zero attached hydrogens (tertiary/aromatic N) is 1. The Morgan fingerprint density at radius 2 is 1.79 bits per heavy atom. The lowest BCUT2D eigenvalue weighted by Crippen LogP contribution is -2.27. The number of furan rings is 1. The maximum Gasteiger partial charge on any atom is 0.259 e. The van der Waals surface area contributed by atoms with Crippen LogP contribution in [0.3, 0.4) is 0 Å². The lowest BCUT2D eigenvalue weighted by Gasteiger charge is -1.87. The summed E-state index contributed by atoms with van der Waals surface area (Å²) in [6.07, 6.45) is 2.03. The third-order valence-electron chi connectivity index (χ3n) is 2.51. The van der Waals surface area contributed by atoms with Crippen LogP contribution in [0.15, 0.2) is 47.0 Å². The highest BCUT2D eigenvalue weighted by molar-refractivity contribution is 6.00. The summed E-state index contributed by atoms with van der Waals surface area (Å²) in [7, 11) is 2.03. The lowest BCUT2D eigenvalue weighted by molar-refractivity contribution is -0.644. The van der Waals surface area contributed by atoms with Crippen LogP contribution in [0, 0.1) is 0 Å². The molecule has 1 aromatic carbocycles. The molecule has 0 aliphatic rings. The van der Waals surface area contributed by atoms with Gasteiger partial charge in [0.25, 0.3) is 5.52 Å². The van der Waals surface area contributed by atoms with Crippen molar-refractivity contribution in [2.45, 2.75) is 0 Å². The van der Waals surface area contributed by atoms with E-state index in [1.807, 2.05) is 43.6 Å². The predicted octanol–water partition coefficient (Wildman–Crippen LogP) is 2.41. The number of benzene rings is 1. The molecular formula is C12H10NO+. The van der Waals surface area contributed by atoms with E-state index in [1.165, 1.54) is 5.39 Å². The molecule has 2 heterocycles. The highest BCUT2D eigenvalue weighted by Gasteiger charge is 2.13. The molecule has 0 atom stereocenters. The molecule has 0 aliphatic heterocycles. The van der Waals surface area contributed by atoms with Crippen LogP contribution in [0.2, 0.25) is 0 Å². The van der Waals surface area contributed by atoms with Crippen LogP contribution in [0.5, 0.6) is 0 Å². The van der Waals surface area contributed by atoms with Gasteiger partial charge < -0.3 is 4.42 Å². The fourth-order valence-electron chi connectivity index (χ4n) is 1.86. The summed E-state index contributed by atoms with van der Waals surface area (Å²) >= 11 is 0. The Labute approximate surface area is 81.4 Å². The van der Waals surface area contributed by atoms with Crippen molar-refractivity contribution in [3.05, 3.63) is 42.6 Å². The number of rotatable bonds is 0. The van der Waals surface area contributed by atoms with Gasteiger partial charge in [0.05, 0.1) is 5.39 Å². The summed E-state index contributed by atoms with van der Waals surface area (Å²) in [6.45, 7) is 0. The molecule has 2 heteroatoms. The van der Waals surface area contributed by atoms with E-state index in [1.54, 1.807) is 0 Å². The van der Waals surface area contributed by atoms with E-state index in [0.717, 1.165) is 16.7 Å². The topological polar surface area (TPSA) is 17.0 Å². The second-order valence-electron chi connectivity index (χ2n) is 3.43. The molecule has 0 unspecified atom stereocenters. The first-order valence-corrected chi connectivity index (χ1v) is 4.62. The van der Waals surface area contributed by atoms with Crippen LogP contribution in [-0.4, -0.2) is 0 Å². The fourth-order valence-corrected chi connectivity index (χ4v) is 1.86. The summed E-state index contributed by atoms with van der Waals surface area (Å²) in [5.41, 5.74) is 3.05. The van der Waals surface area contributed by atoms with Crippen molar-refractivity contribution >= 4 is 22.1 Å². The molecule has 3 rings (SSSR count). The van der Waals surface area contributed by atoms with Gasteiger partial charge in [0.1, 0.15) is 12.6 Å². The van der Waals surface area contributed by atoms with Crippen LogP contribution in [0.4, 0.5) is 0 Å². The van der Waals surface area contributed by atoms with Gasteiger partial charge in [-0.05, 0) is 18.2 Å². The molecule has 3 aromatic rings. The molecule has 0 amide bonds. The maximum absolute atomic E-state index is 5.71. The minimum Gasteiger partial charge on any atom is -0.449 e. The zero-order valence-corrected chi connectivity index (χ0v) is 7.90. The van der Waals surface area contributed by atoms with Gasteiger partial charge >= 0.3 is 0 Å². The number of pyridine rings is 1. The summed E-state index contributed by atoms with van der Waals surface area (Å²) in [5.74, 6) is 0. The Kier molecular flexibility index (Phi) is 1.39. The number of aromatic nitrogens is 1. The van der Waals surface area contributed by atoms with Crippen LogP contribution >= 0.6 is 0 Å². The van der Waals surface area contributed by atoms with E-state index in [4.69, 9.17) is 4.42 Å². The minimum atomic E-state index is 0.941. The molecule has 0 saturated heterocycles. The lowest BCUT2D eigenvalue weighted by atomic mass is 10.2. The van der Waals surface area contributed by atoms with Gasteiger partial charge in [0, 0.05) is 6.07 Å². The highest BCUT2D eigenvalue weighted by Crippen LogP contribution is 2.24. The predicted molar refractivity (Wildman–Crippen MR) is 54.9 cm³/mol. The molecule has 2 nitrogen and oxygen atoms in total. The van der Waals surface area contributed by atoms with Crippen molar-refractivity contribution in [1.82, 2.24) is 0 Å². The largest absolute Gasteiger partial charge is 0.449 e. The molecular weight excluding hydrogens is 174 g/mol. The second-order valence-corrected chi connectivity index (χ2v) is 3.43. The van der Waals surface area contributed by atoms with Gasteiger partial charge in [-0.1, -0.05) is 12.1 Å². The molecule has 0 saturated carbocycles. The molecule has 0 N–H and O–H groups in total. The summed E-state index contributed by atoms with van der Waals surface area (Å²) in [4.78, 5) is 0. The van der Waals surface area contributed by atoms with Crippen LogP contribution in [0.1, 0.15) is 0 Å². The summed E-state index contributed by atoms with van der Waals surface area (Å²) < 4.78 is 7.80. The molecule has 0 fully saturated rings. The van der Waals surface area contributed by atoms with Crippen molar-refractivity contribution in [2.24, 2.45) is 7.05 Å². The smallest absolute Gasteiger partial charge is 0.259 e. The molecule has 2 aromatic heterocycles. The second kappa shape index (κ2) is 2.58. The first-order valence-electron chi connectivity index (χ1n) is 4.62. The van der Waals surface area contributed by atoms with Gasteiger partial charge in [-0.2, -0.15) is 4.57 Å². The number of aryl methyl sites for hydroxylation is 1. The zero-order valence-electron chi connectivity index (χ0n) is 7.90. The third-order valence-corrected chi connectivity index (χ3v) is 2.51. The van der Waals surface area contributed by atoms with E-state index in [9.17, 15) is 0 Å². The van der Waals surface area contributed by atoms with Crippen LogP contribution in [-0.2, 0) is 7.05 Å². The number of para-hydroxylation sites is 1. The highest BCUT2D eigenvalue weighted by atomic mass is 16.3. The van der Waals surface area contributed by atoms with E-state index in [2.05, 4.69) is 10.6 Å². The van der Waals surface area contributed by atoms with Crippen LogP contribution < -0.4 is 4.57 Å². The molecule has 0 aliphatic carbocycles. The van der Waals surface area contributed by atoms with E-state index < -0.39 is 0 Å². The first kappa shape index (κ1) is 7.56. The van der Waals surface area contributed by atoms with Crippen molar-refractivity contribution in [1.29, 1.82) is 0 Å². The first-order chi connectivity index (χ1) is 6.86. The number of hydrogen-bond donors (Lipinski definition) is 0. The number of fused-ring (bicyclic) bond motifs is 3. The Morgan fingerprint density at radius 1 is 1.00 bits per heavy atom. The Morgan fingerprint density at radius 3 is 2.71 bits per heavy atom. The van der Waals surface area contributed by atoms with E-state index in [0.29, 0.717) is 0 Å². The number of hydrogen-bond acceptors (Lipinski definition) is 1. The molecule has 68 valence electrons. The zero-order chi connectivity index (χ0) is 9.54. The quantitative estimate of drug-likeness (QED) is 0.490.